The summed E-state index contributed by atoms with van der Waals surface area (Å²) in [5.41, 5.74) is 5.96. The van der Waals surface area contributed by atoms with Gasteiger partial charge in [-0.2, -0.15) is 5.10 Å². The van der Waals surface area contributed by atoms with E-state index in [4.69, 9.17) is 10.5 Å². The SMILES string of the molecule is CCCCNC(=O)C(C)n1cc(N)c(C(=O)OCC)n1. The quantitative estimate of drug-likeness (QED) is 0.576. The zero-order chi connectivity index (χ0) is 15.1. The second-order valence-electron chi connectivity index (χ2n) is 4.45. The summed E-state index contributed by atoms with van der Waals surface area (Å²) in [6, 6.07) is -0.530. The van der Waals surface area contributed by atoms with Crippen LogP contribution in [0.25, 0.3) is 0 Å². The molecule has 0 aliphatic carbocycles. The highest BCUT2D eigenvalue weighted by Crippen LogP contribution is 2.14. The molecule has 112 valence electrons. The lowest BCUT2D eigenvalue weighted by Crippen LogP contribution is -2.32. The third-order valence-corrected chi connectivity index (χ3v) is 2.83. The number of hydrogen-bond acceptors (Lipinski definition) is 5. The number of nitrogens with zero attached hydrogens (tertiary/aromatic N) is 2. The van der Waals surface area contributed by atoms with Gasteiger partial charge in [0, 0.05) is 12.7 Å². The summed E-state index contributed by atoms with van der Waals surface area (Å²) >= 11 is 0. The van der Waals surface area contributed by atoms with Crippen LogP contribution in [0.15, 0.2) is 6.20 Å². The molecule has 7 nitrogen and oxygen atoms in total. The number of hydrogen-bond donors (Lipinski definition) is 2. The zero-order valence-corrected chi connectivity index (χ0v) is 12.2. The first-order valence-electron chi connectivity index (χ1n) is 6.80. The van der Waals surface area contributed by atoms with E-state index >= 15 is 0 Å². The molecule has 1 aromatic rings. The number of nitrogens with two attached hydrogens (primary N) is 1. The van der Waals surface area contributed by atoms with E-state index in [-0.39, 0.29) is 23.9 Å². The second-order valence-corrected chi connectivity index (χ2v) is 4.45. The van der Waals surface area contributed by atoms with Gasteiger partial charge < -0.3 is 15.8 Å². The molecular weight excluding hydrogens is 260 g/mol. The van der Waals surface area contributed by atoms with Crippen molar-refractivity contribution in [3.05, 3.63) is 11.9 Å². The van der Waals surface area contributed by atoms with Crippen LogP contribution in [0.5, 0.6) is 0 Å². The summed E-state index contributed by atoms with van der Waals surface area (Å²) in [7, 11) is 0. The van der Waals surface area contributed by atoms with Crippen LogP contribution in [0.3, 0.4) is 0 Å². The normalized spacial score (nSPS) is 11.9. The van der Waals surface area contributed by atoms with Crippen molar-refractivity contribution in [2.75, 3.05) is 18.9 Å². The fourth-order valence-corrected chi connectivity index (χ4v) is 1.62. The number of ether oxygens (including phenoxy) is 1. The molecule has 1 rings (SSSR count). The molecule has 1 amide bonds. The first-order valence-corrected chi connectivity index (χ1v) is 6.80. The van der Waals surface area contributed by atoms with Crippen molar-refractivity contribution in [3.63, 3.8) is 0 Å². The van der Waals surface area contributed by atoms with Crippen LogP contribution in [0.1, 0.15) is 50.1 Å². The van der Waals surface area contributed by atoms with Crippen molar-refractivity contribution in [3.8, 4) is 0 Å². The lowest BCUT2D eigenvalue weighted by molar-refractivity contribution is -0.124. The molecule has 1 unspecified atom stereocenters. The number of esters is 1. The molecule has 7 heteroatoms. The number of carbonyl (C=O) groups excluding carboxylic acids is 2. The molecule has 0 radical (unpaired) electrons. The van der Waals surface area contributed by atoms with Crippen molar-refractivity contribution in [1.82, 2.24) is 15.1 Å². The van der Waals surface area contributed by atoms with Gasteiger partial charge in [0.15, 0.2) is 5.69 Å². The van der Waals surface area contributed by atoms with Crippen LogP contribution in [0, 0.1) is 0 Å². The lowest BCUT2D eigenvalue weighted by atomic mass is 10.3. The Hall–Kier alpha value is -2.05. The number of rotatable bonds is 7. The minimum absolute atomic E-state index is 0.0417. The molecule has 1 aromatic heterocycles. The van der Waals surface area contributed by atoms with Gasteiger partial charge >= 0.3 is 5.97 Å². The Balaban J connectivity index is 2.74. The first kappa shape index (κ1) is 16.0. The van der Waals surface area contributed by atoms with Gasteiger partial charge in [0.25, 0.3) is 0 Å². The summed E-state index contributed by atoms with van der Waals surface area (Å²) in [5.74, 6) is -0.737. The number of nitrogen functional groups attached to an aromatic ring is 1. The number of aromatic nitrogens is 2. The zero-order valence-electron chi connectivity index (χ0n) is 12.2. The molecule has 0 aromatic carbocycles. The van der Waals surface area contributed by atoms with Crippen LogP contribution in [0.2, 0.25) is 0 Å². The van der Waals surface area contributed by atoms with E-state index in [2.05, 4.69) is 17.3 Å². The molecular formula is C13H22N4O3. The van der Waals surface area contributed by atoms with Crippen molar-refractivity contribution in [2.45, 2.75) is 39.7 Å². The Morgan fingerprint density at radius 3 is 2.80 bits per heavy atom. The minimum atomic E-state index is -0.581. The molecule has 20 heavy (non-hydrogen) atoms. The standard InChI is InChI=1S/C13H22N4O3/c1-4-6-7-15-12(18)9(3)17-8-10(14)11(16-17)13(19)20-5-2/h8-9H,4-7,14H2,1-3H3,(H,15,18). The fraction of sp³-hybridized carbons (Fsp3) is 0.615. The summed E-state index contributed by atoms with van der Waals surface area (Å²) in [6.07, 6.45) is 3.40. The third kappa shape index (κ3) is 3.97. The van der Waals surface area contributed by atoms with Gasteiger partial charge in [-0.15, -0.1) is 0 Å². The van der Waals surface area contributed by atoms with Crippen molar-refractivity contribution >= 4 is 17.6 Å². The Morgan fingerprint density at radius 1 is 1.50 bits per heavy atom. The summed E-state index contributed by atoms with van der Waals surface area (Å²) in [6.45, 7) is 6.33. The Labute approximate surface area is 118 Å². The van der Waals surface area contributed by atoms with E-state index in [0.717, 1.165) is 12.8 Å². The molecule has 0 saturated carbocycles. The molecule has 0 aliphatic rings. The highest BCUT2D eigenvalue weighted by atomic mass is 16.5. The van der Waals surface area contributed by atoms with Gasteiger partial charge in [-0.1, -0.05) is 13.3 Å². The van der Waals surface area contributed by atoms with E-state index in [1.807, 2.05) is 0 Å². The average Bonchev–Trinajstić information content (AvgIpc) is 2.80. The van der Waals surface area contributed by atoms with E-state index in [0.29, 0.717) is 6.54 Å². The smallest absolute Gasteiger partial charge is 0.361 e. The van der Waals surface area contributed by atoms with Crippen molar-refractivity contribution in [1.29, 1.82) is 0 Å². The van der Waals surface area contributed by atoms with Crippen LogP contribution < -0.4 is 11.1 Å². The van der Waals surface area contributed by atoms with Gasteiger partial charge in [-0.05, 0) is 20.3 Å². The van der Waals surface area contributed by atoms with Crippen molar-refractivity contribution < 1.29 is 14.3 Å². The van der Waals surface area contributed by atoms with Crippen molar-refractivity contribution in [2.24, 2.45) is 0 Å². The number of nitrogens with one attached hydrogen (secondary N) is 1. The highest BCUT2D eigenvalue weighted by molar-refractivity contribution is 5.92. The molecule has 1 atom stereocenters. The van der Waals surface area contributed by atoms with Gasteiger partial charge in [0.05, 0.1) is 12.3 Å². The van der Waals surface area contributed by atoms with E-state index in [1.165, 1.54) is 10.9 Å². The Kier molecular flexibility index (Phi) is 6.02. The first-order chi connectivity index (χ1) is 9.51. The number of anilines is 1. The Morgan fingerprint density at radius 2 is 2.20 bits per heavy atom. The van der Waals surface area contributed by atoms with Crippen LogP contribution in [-0.4, -0.2) is 34.8 Å². The monoisotopic (exact) mass is 282 g/mol. The summed E-state index contributed by atoms with van der Waals surface area (Å²) in [4.78, 5) is 23.5. The molecule has 0 bridgehead atoms. The van der Waals surface area contributed by atoms with Crippen LogP contribution in [-0.2, 0) is 9.53 Å². The maximum Gasteiger partial charge on any atom is 0.361 e. The molecule has 3 N–H and O–H groups in total. The molecule has 0 saturated heterocycles. The van der Waals surface area contributed by atoms with Crippen LogP contribution in [0.4, 0.5) is 5.69 Å². The number of unbranched alkanes of at least 4 members (excludes halogenated alkanes) is 1. The van der Waals surface area contributed by atoms with Crippen LogP contribution >= 0.6 is 0 Å². The number of amides is 1. The molecule has 0 fully saturated rings. The average molecular weight is 282 g/mol. The summed E-state index contributed by atoms with van der Waals surface area (Å²) < 4.78 is 6.22. The number of carbonyl (C=O) groups is 2. The predicted octanol–water partition coefficient (Wildman–Crippen LogP) is 1.12. The van der Waals surface area contributed by atoms with E-state index in [9.17, 15) is 9.59 Å². The second kappa shape index (κ2) is 7.52. The largest absolute Gasteiger partial charge is 0.461 e. The maximum atomic E-state index is 11.9. The summed E-state index contributed by atoms with van der Waals surface area (Å²) in [5, 5.41) is 6.84. The maximum absolute atomic E-state index is 11.9. The van der Waals surface area contributed by atoms with Gasteiger partial charge in [-0.3, -0.25) is 9.48 Å². The topological polar surface area (TPSA) is 99.2 Å². The molecule has 1 heterocycles. The van der Waals surface area contributed by atoms with Gasteiger partial charge in [0.2, 0.25) is 5.91 Å². The minimum Gasteiger partial charge on any atom is -0.461 e. The predicted molar refractivity (Wildman–Crippen MR) is 75.2 cm³/mol. The third-order valence-electron chi connectivity index (χ3n) is 2.83. The highest BCUT2D eigenvalue weighted by Gasteiger charge is 2.21. The Bertz CT molecular complexity index is 470. The van der Waals surface area contributed by atoms with Gasteiger partial charge in [0.1, 0.15) is 6.04 Å². The molecule has 0 spiro atoms. The fourth-order valence-electron chi connectivity index (χ4n) is 1.62. The van der Waals surface area contributed by atoms with Gasteiger partial charge in [-0.25, -0.2) is 4.79 Å². The molecule has 0 aliphatic heterocycles. The van der Waals surface area contributed by atoms with E-state index < -0.39 is 12.0 Å². The lowest BCUT2D eigenvalue weighted by Gasteiger charge is -2.12. The van der Waals surface area contributed by atoms with E-state index in [1.54, 1.807) is 13.8 Å².